The van der Waals surface area contributed by atoms with Crippen LogP contribution >= 0.6 is 0 Å². The van der Waals surface area contributed by atoms with Crippen LogP contribution in [0.1, 0.15) is 23.8 Å². The summed E-state index contributed by atoms with van der Waals surface area (Å²) in [4.78, 5) is 0. The normalized spacial score (nSPS) is 21.9. The Morgan fingerprint density at radius 3 is 2.86 bits per heavy atom. The van der Waals surface area contributed by atoms with E-state index in [0.29, 0.717) is 12.2 Å². The molecular formula is C16H18F2N2O. The SMILES string of the molecule is Cn1cccc1CNC1CCOC1c1ccc(F)c(F)c1. The molecule has 21 heavy (non-hydrogen) atoms. The molecule has 1 N–H and O–H groups in total. The van der Waals surface area contributed by atoms with Crippen LogP contribution in [0, 0.1) is 11.6 Å². The molecule has 2 heterocycles. The fourth-order valence-electron chi connectivity index (χ4n) is 2.73. The molecule has 0 bridgehead atoms. The molecular weight excluding hydrogens is 274 g/mol. The summed E-state index contributed by atoms with van der Waals surface area (Å²) >= 11 is 0. The van der Waals surface area contributed by atoms with Crippen LogP contribution in [0.4, 0.5) is 8.78 Å². The summed E-state index contributed by atoms with van der Waals surface area (Å²) in [5.74, 6) is -1.66. The number of hydrogen-bond acceptors (Lipinski definition) is 2. The van der Waals surface area contributed by atoms with Gasteiger partial charge in [0, 0.05) is 38.1 Å². The molecule has 2 unspecified atom stereocenters. The number of hydrogen-bond donors (Lipinski definition) is 1. The van der Waals surface area contributed by atoms with E-state index in [2.05, 4.69) is 16.0 Å². The average Bonchev–Trinajstić information content (AvgIpc) is 3.08. The van der Waals surface area contributed by atoms with Gasteiger partial charge in [0.15, 0.2) is 11.6 Å². The average molecular weight is 292 g/mol. The topological polar surface area (TPSA) is 26.2 Å². The van der Waals surface area contributed by atoms with Crippen molar-refractivity contribution in [1.82, 2.24) is 9.88 Å². The number of rotatable bonds is 4. The van der Waals surface area contributed by atoms with Gasteiger partial charge in [-0.15, -0.1) is 0 Å². The Bertz CT molecular complexity index is 626. The third-order valence-corrected chi connectivity index (χ3v) is 3.96. The molecule has 0 spiro atoms. The minimum absolute atomic E-state index is 0.102. The predicted octanol–water partition coefficient (Wildman–Crippen LogP) is 2.92. The zero-order valence-electron chi connectivity index (χ0n) is 11.9. The number of nitrogens with zero attached hydrogens (tertiary/aromatic N) is 1. The summed E-state index contributed by atoms with van der Waals surface area (Å²) in [6.45, 7) is 1.34. The zero-order valence-corrected chi connectivity index (χ0v) is 11.9. The summed E-state index contributed by atoms with van der Waals surface area (Å²) in [6, 6.07) is 8.11. The fraction of sp³-hybridized carbons (Fsp3) is 0.375. The number of aromatic nitrogens is 1. The van der Waals surface area contributed by atoms with Gasteiger partial charge in [-0.05, 0) is 36.2 Å². The molecule has 1 aliphatic heterocycles. The zero-order chi connectivity index (χ0) is 14.8. The van der Waals surface area contributed by atoms with Crippen molar-refractivity contribution < 1.29 is 13.5 Å². The molecule has 1 aliphatic rings. The van der Waals surface area contributed by atoms with Crippen molar-refractivity contribution in [3.05, 3.63) is 59.4 Å². The number of aryl methyl sites for hydroxylation is 1. The first kappa shape index (κ1) is 14.2. The summed E-state index contributed by atoms with van der Waals surface area (Å²) in [6.07, 6.45) is 2.61. The van der Waals surface area contributed by atoms with Crippen molar-refractivity contribution in [3.8, 4) is 0 Å². The Morgan fingerprint density at radius 2 is 2.14 bits per heavy atom. The lowest BCUT2D eigenvalue weighted by molar-refractivity contribution is 0.0980. The minimum atomic E-state index is -0.829. The van der Waals surface area contributed by atoms with Gasteiger partial charge in [-0.3, -0.25) is 0 Å². The molecule has 1 aromatic carbocycles. The largest absolute Gasteiger partial charge is 0.372 e. The Balaban J connectivity index is 1.70. The number of halogens is 2. The first-order chi connectivity index (χ1) is 10.1. The molecule has 1 aromatic heterocycles. The smallest absolute Gasteiger partial charge is 0.159 e. The van der Waals surface area contributed by atoms with Gasteiger partial charge in [0.05, 0.1) is 6.10 Å². The van der Waals surface area contributed by atoms with E-state index in [-0.39, 0.29) is 12.1 Å². The Morgan fingerprint density at radius 1 is 1.29 bits per heavy atom. The summed E-state index contributed by atoms with van der Waals surface area (Å²) in [5, 5.41) is 3.45. The fourth-order valence-corrected chi connectivity index (χ4v) is 2.73. The minimum Gasteiger partial charge on any atom is -0.372 e. The van der Waals surface area contributed by atoms with Gasteiger partial charge in [-0.2, -0.15) is 0 Å². The van der Waals surface area contributed by atoms with Crippen molar-refractivity contribution in [2.24, 2.45) is 7.05 Å². The van der Waals surface area contributed by atoms with Crippen LogP contribution in [-0.4, -0.2) is 17.2 Å². The van der Waals surface area contributed by atoms with Crippen molar-refractivity contribution in [1.29, 1.82) is 0 Å². The highest BCUT2D eigenvalue weighted by Gasteiger charge is 2.29. The summed E-state index contributed by atoms with van der Waals surface area (Å²) in [5.41, 5.74) is 1.85. The number of ether oxygens (including phenoxy) is 1. The molecule has 2 atom stereocenters. The first-order valence-electron chi connectivity index (χ1n) is 7.05. The quantitative estimate of drug-likeness (QED) is 0.937. The summed E-state index contributed by atoms with van der Waals surface area (Å²) < 4.78 is 34.1. The lowest BCUT2D eigenvalue weighted by Crippen LogP contribution is -2.31. The molecule has 0 radical (unpaired) electrons. The van der Waals surface area contributed by atoms with E-state index in [9.17, 15) is 8.78 Å². The third kappa shape index (κ3) is 2.99. The van der Waals surface area contributed by atoms with E-state index in [4.69, 9.17) is 4.74 Å². The second-order valence-corrected chi connectivity index (χ2v) is 5.35. The molecule has 0 amide bonds. The molecule has 3 rings (SSSR count). The van der Waals surface area contributed by atoms with E-state index >= 15 is 0 Å². The van der Waals surface area contributed by atoms with Crippen molar-refractivity contribution in [2.45, 2.75) is 25.1 Å². The van der Waals surface area contributed by atoms with E-state index in [0.717, 1.165) is 19.0 Å². The van der Waals surface area contributed by atoms with Crippen LogP contribution in [0.5, 0.6) is 0 Å². The van der Waals surface area contributed by atoms with Gasteiger partial charge < -0.3 is 14.6 Å². The van der Waals surface area contributed by atoms with Gasteiger partial charge in [-0.25, -0.2) is 8.78 Å². The van der Waals surface area contributed by atoms with Crippen LogP contribution < -0.4 is 5.32 Å². The van der Waals surface area contributed by atoms with Gasteiger partial charge in [0.25, 0.3) is 0 Å². The van der Waals surface area contributed by atoms with Crippen LogP contribution in [0.2, 0.25) is 0 Å². The molecule has 1 saturated heterocycles. The molecule has 2 aromatic rings. The van der Waals surface area contributed by atoms with E-state index < -0.39 is 11.6 Å². The third-order valence-electron chi connectivity index (χ3n) is 3.96. The molecule has 3 nitrogen and oxygen atoms in total. The maximum Gasteiger partial charge on any atom is 0.159 e. The Labute approximate surface area is 122 Å². The second-order valence-electron chi connectivity index (χ2n) is 5.35. The van der Waals surface area contributed by atoms with Gasteiger partial charge in [0.1, 0.15) is 0 Å². The van der Waals surface area contributed by atoms with Crippen LogP contribution in [0.25, 0.3) is 0 Å². The second kappa shape index (κ2) is 5.95. The van der Waals surface area contributed by atoms with Gasteiger partial charge in [-0.1, -0.05) is 6.07 Å². The maximum absolute atomic E-state index is 13.4. The summed E-state index contributed by atoms with van der Waals surface area (Å²) in [7, 11) is 2.00. The number of nitrogens with one attached hydrogen (secondary N) is 1. The van der Waals surface area contributed by atoms with E-state index in [1.54, 1.807) is 6.07 Å². The van der Waals surface area contributed by atoms with E-state index in [1.165, 1.54) is 11.8 Å². The molecule has 5 heteroatoms. The standard InChI is InChI=1S/C16H18F2N2O/c1-20-7-2-3-12(20)10-19-15-6-8-21-16(15)11-4-5-13(17)14(18)9-11/h2-5,7,9,15-16,19H,6,8,10H2,1H3. The highest BCUT2D eigenvalue weighted by atomic mass is 19.2. The Hall–Kier alpha value is -1.72. The lowest BCUT2D eigenvalue weighted by atomic mass is 10.0. The lowest BCUT2D eigenvalue weighted by Gasteiger charge is -2.20. The van der Waals surface area contributed by atoms with Crippen molar-refractivity contribution in [2.75, 3.05) is 6.61 Å². The highest BCUT2D eigenvalue weighted by molar-refractivity contribution is 5.22. The van der Waals surface area contributed by atoms with Crippen LogP contribution in [0.15, 0.2) is 36.5 Å². The molecule has 112 valence electrons. The highest BCUT2D eigenvalue weighted by Crippen LogP contribution is 2.30. The van der Waals surface area contributed by atoms with E-state index in [1.807, 2.05) is 19.3 Å². The van der Waals surface area contributed by atoms with Crippen molar-refractivity contribution in [3.63, 3.8) is 0 Å². The first-order valence-corrected chi connectivity index (χ1v) is 7.05. The van der Waals surface area contributed by atoms with Gasteiger partial charge in [0.2, 0.25) is 0 Å². The van der Waals surface area contributed by atoms with Gasteiger partial charge >= 0.3 is 0 Å². The van der Waals surface area contributed by atoms with Crippen LogP contribution in [0.3, 0.4) is 0 Å². The van der Waals surface area contributed by atoms with Crippen molar-refractivity contribution >= 4 is 0 Å². The predicted molar refractivity (Wildman–Crippen MR) is 75.7 cm³/mol. The number of benzene rings is 1. The molecule has 0 saturated carbocycles. The molecule has 0 aliphatic carbocycles. The monoisotopic (exact) mass is 292 g/mol. The Kier molecular flexibility index (Phi) is 4.03. The maximum atomic E-state index is 13.4. The molecule has 1 fully saturated rings. The van der Waals surface area contributed by atoms with Crippen LogP contribution in [-0.2, 0) is 18.3 Å².